The van der Waals surface area contributed by atoms with E-state index in [1.807, 2.05) is 123 Å². The van der Waals surface area contributed by atoms with Crippen LogP contribution in [0.2, 0.25) is 0 Å². The molecule has 49 heavy (non-hydrogen) atoms. The molecule has 0 saturated carbocycles. The van der Waals surface area contributed by atoms with Crippen LogP contribution in [0.3, 0.4) is 0 Å². The van der Waals surface area contributed by atoms with Gasteiger partial charge in [0.05, 0.1) is 0 Å². The second kappa shape index (κ2) is 20.0. The summed E-state index contributed by atoms with van der Waals surface area (Å²) in [4.78, 5) is 27.1. The SMILES string of the molecule is C/C=C(\C)C(=O)OC(COc1ccc(Oc2ccc(OCC(CSc3ccccc3)OC(=O)/C(C)=C/C)cc2)cc1)CSc1ccccc1. The molecule has 9 heteroatoms. The first-order valence-electron chi connectivity index (χ1n) is 16.0. The van der Waals surface area contributed by atoms with Gasteiger partial charge in [-0.25, -0.2) is 9.59 Å². The maximum absolute atomic E-state index is 12.5. The number of hydrogen-bond donors (Lipinski definition) is 0. The van der Waals surface area contributed by atoms with Crippen molar-refractivity contribution in [1.82, 2.24) is 0 Å². The Kier molecular flexibility index (Phi) is 15.2. The van der Waals surface area contributed by atoms with Crippen molar-refractivity contribution in [3.8, 4) is 23.0 Å². The summed E-state index contributed by atoms with van der Waals surface area (Å²) in [5.74, 6) is 2.95. The lowest BCUT2D eigenvalue weighted by Gasteiger charge is -2.19. The van der Waals surface area contributed by atoms with Gasteiger partial charge in [0.15, 0.2) is 0 Å². The minimum absolute atomic E-state index is 0.212. The summed E-state index contributed by atoms with van der Waals surface area (Å²) in [5, 5.41) is 0. The maximum atomic E-state index is 12.5. The molecule has 0 spiro atoms. The Balaban J connectivity index is 1.28. The van der Waals surface area contributed by atoms with Gasteiger partial charge in [0, 0.05) is 32.4 Å². The molecule has 7 nitrogen and oxygen atoms in total. The number of carbonyl (C=O) groups excluding carboxylic acids is 2. The van der Waals surface area contributed by atoms with Gasteiger partial charge in [0.25, 0.3) is 0 Å². The molecule has 4 aromatic rings. The summed E-state index contributed by atoms with van der Waals surface area (Å²) in [7, 11) is 0. The minimum atomic E-state index is -0.438. The van der Waals surface area contributed by atoms with Gasteiger partial charge in [0.2, 0.25) is 0 Å². The highest BCUT2D eigenvalue weighted by Crippen LogP contribution is 2.27. The number of carbonyl (C=O) groups is 2. The van der Waals surface area contributed by atoms with Crippen molar-refractivity contribution >= 4 is 35.5 Å². The van der Waals surface area contributed by atoms with E-state index in [9.17, 15) is 9.59 Å². The molecule has 0 N–H and O–H groups in total. The van der Waals surface area contributed by atoms with Gasteiger partial charge in [-0.15, -0.1) is 23.5 Å². The van der Waals surface area contributed by atoms with E-state index in [4.69, 9.17) is 23.7 Å². The topological polar surface area (TPSA) is 80.3 Å². The highest BCUT2D eigenvalue weighted by Gasteiger charge is 2.19. The number of rotatable bonds is 18. The van der Waals surface area contributed by atoms with Crippen LogP contribution < -0.4 is 14.2 Å². The van der Waals surface area contributed by atoms with Crippen molar-refractivity contribution < 1.29 is 33.3 Å². The molecule has 2 atom stereocenters. The zero-order valence-electron chi connectivity index (χ0n) is 28.2. The van der Waals surface area contributed by atoms with E-state index < -0.39 is 12.2 Å². The van der Waals surface area contributed by atoms with E-state index in [0.717, 1.165) is 9.79 Å². The Hall–Kier alpha value is -4.60. The minimum Gasteiger partial charge on any atom is -0.490 e. The number of ether oxygens (including phenoxy) is 5. The Morgan fingerprint density at radius 2 is 0.898 bits per heavy atom. The zero-order chi connectivity index (χ0) is 34.8. The molecule has 0 heterocycles. The van der Waals surface area contributed by atoms with Crippen LogP contribution in [0.1, 0.15) is 27.7 Å². The third-order valence-electron chi connectivity index (χ3n) is 7.17. The lowest BCUT2D eigenvalue weighted by Crippen LogP contribution is -2.28. The Bertz CT molecular complexity index is 1530. The third-order valence-corrected chi connectivity index (χ3v) is 9.46. The van der Waals surface area contributed by atoms with Crippen molar-refractivity contribution in [2.24, 2.45) is 0 Å². The van der Waals surface area contributed by atoms with E-state index in [0.29, 0.717) is 45.6 Å². The lowest BCUT2D eigenvalue weighted by molar-refractivity contribution is -0.145. The highest BCUT2D eigenvalue weighted by molar-refractivity contribution is 7.99. The fraction of sp³-hybridized carbons (Fsp3) is 0.250. The summed E-state index contributed by atoms with van der Waals surface area (Å²) in [6, 6.07) is 34.5. The first kappa shape index (κ1) is 37.2. The van der Waals surface area contributed by atoms with E-state index >= 15 is 0 Å². The molecule has 2 unspecified atom stereocenters. The van der Waals surface area contributed by atoms with Crippen LogP contribution in [0.4, 0.5) is 0 Å². The molecule has 256 valence electrons. The average molecular weight is 699 g/mol. The number of benzene rings is 4. The maximum Gasteiger partial charge on any atom is 0.333 e. The normalized spacial score (nSPS) is 12.8. The quantitative estimate of drug-likeness (QED) is 0.0573. The summed E-state index contributed by atoms with van der Waals surface area (Å²) < 4.78 is 29.5. The zero-order valence-corrected chi connectivity index (χ0v) is 29.8. The molecule has 0 radical (unpaired) electrons. The molecular formula is C40H42O7S2. The molecule has 0 amide bonds. The summed E-state index contributed by atoms with van der Waals surface area (Å²) in [6.07, 6.45) is 2.59. The van der Waals surface area contributed by atoms with Crippen LogP contribution in [0.15, 0.2) is 142 Å². The van der Waals surface area contributed by atoms with E-state index in [1.165, 1.54) is 0 Å². The monoisotopic (exact) mass is 698 g/mol. The molecule has 0 bridgehead atoms. The second-order valence-electron chi connectivity index (χ2n) is 10.9. The van der Waals surface area contributed by atoms with Gasteiger partial charge < -0.3 is 23.7 Å². The van der Waals surface area contributed by atoms with Crippen LogP contribution >= 0.6 is 23.5 Å². The molecule has 0 fully saturated rings. The van der Waals surface area contributed by atoms with Crippen molar-refractivity contribution in [3.63, 3.8) is 0 Å². The number of thioether (sulfide) groups is 2. The predicted octanol–water partition coefficient (Wildman–Crippen LogP) is 9.58. The van der Waals surface area contributed by atoms with Gasteiger partial charge in [-0.2, -0.15) is 0 Å². The third kappa shape index (κ3) is 13.1. The van der Waals surface area contributed by atoms with Crippen LogP contribution in [-0.4, -0.2) is 48.9 Å². The van der Waals surface area contributed by atoms with E-state index in [1.54, 1.807) is 49.5 Å². The van der Waals surface area contributed by atoms with E-state index in [-0.39, 0.29) is 25.2 Å². The largest absolute Gasteiger partial charge is 0.490 e. The molecule has 0 aliphatic rings. The van der Waals surface area contributed by atoms with Gasteiger partial charge >= 0.3 is 11.9 Å². The van der Waals surface area contributed by atoms with Crippen LogP contribution in [-0.2, 0) is 19.1 Å². The number of allylic oxidation sites excluding steroid dienone is 2. The highest BCUT2D eigenvalue weighted by atomic mass is 32.2. The molecule has 0 aromatic heterocycles. The fourth-order valence-corrected chi connectivity index (χ4v) is 5.88. The smallest absolute Gasteiger partial charge is 0.333 e. The lowest BCUT2D eigenvalue weighted by atomic mass is 10.3. The van der Waals surface area contributed by atoms with Crippen molar-refractivity contribution in [1.29, 1.82) is 0 Å². The molecule has 0 aliphatic heterocycles. The van der Waals surface area contributed by atoms with Gasteiger partial charge in [-0.05, 0) is 100 Å². The Morgan fingerprint density at radius 1 is 0.551 bits per heavy atom. The first-order valence-corrected chi connectivity index (χ1v) is 18.0. The molecule has 0 aliphatic carbocycles. The standard InChI is InChI=1S/C40H42O7S2/c1-5-29(3)39(41)46-35(27-48-37-13-9-7-10-14-37)25-43-31-17-21-33(22-18-31)45-34-23-19-32(20-24-34)44-26-36(47-40(42)30(4)6-2)28-49-38-15-11-8-12-16-38/h5-24,35-36H,25-28H2,1-4H3/b29-5+,30-6+. The Labute approximate surface area is 297 Å². The van der Waals surface area contributed by atoms with Crippen LogP contribution in [0.25, 0.3) is 0 Å². The van der Waals surface area contributed by atoms with Gasteiger partial charge in [-0.3, -0.25) is 0 Å². The second-order valence-corrected chi connectivity index (χ2v) is 13.1. The molecule has 4 aromatic carbocycles. The molecule has 0 saturated heterocycles. The van der Waals surface area contributed by atoms with Crippen LogP contribution in [0.5, 0.6) is 23.0 Å². The summed E-state index contributed by atoms with van der Waals surface area (Å²) in [6.45, 7) is 7.51. The average Bonchev–Trinajstić information content (AvgIpc) is 3.14. The number of hydrogen-bond acceptors (Lipinski definition) is 9. The molecule has 4 rings (SSSR count). The van der Waals surface area contributed by atoms with Gasteiger partial charge in [0.1, 0.15) is 48.4 Å². The first-order chi connectivity index (χ1) is 23.8. The predicted molar refractivity (Wildman–Crippen MR) is 197 cm³/mol. The van der Waals surface area contributed by atoms with Gasteiger partial charge in [-0.1, -0.05) is 48.6 Å². The van der Waals surface area contributed by atoms with E-state index in [2.05, 4.69) is 0 Å². The van der Waals surface area contributed by atoms with Crippen molar-refractivity contribution in [3.05, 3.63) is 132 Å². The summed E-state index contributed by atoms with van der Waals surface area (Å²) >= 11 is 3.22. The van der Waals surface area contributed by atoms with Crippen molar-refractivity contribution in [2.75, 3.05) is 24.7 Å². The fourth-order valence-electron chi connectivity index (χ4n) is 4.09. The number of esters is 2. The molecular weight excluding hydrogens is 657 g/mol. The summed E-state index contributed by atoms with van der Waals surface area (Å²) in [5.41, 5.74) is 1.11. The van der Waals surface area contributed by atoms with Crippen molar-refractivity contribution in [2.45, 2.75) is 49.7 Å². The Morgan fingerprint density at radius 3 is 1.24 bits per heavy atom. The van der Waals surface area contributed by atoms with Crippen LogP contribution in [0, 0.1) is 0 Å².